The molecular weight excluding hydrogens is 380 g/mol. The van der Waals surface area contributed by atoms with E-state index in [9.17, 15) is 14.9 Å². The lowest BCUT2D eigenvalue weighted by molar-refractivity contribution is -0.136. The molecule has 0 aromatic heterocycles. The first-order chi connectivity index (χ1) is 13.1. The van der Waals surface area contributed by atoms with Crippen LogP contribution < -0.4 is 10.2 Å². The van der Waals surface area contributed by atoms with Crippen LogP contribution in [-0.4, -0.2) is 54.7 Å². The third-order valence-corrected chi connectivity index (χ3v) is 5.46. The highest BCUT2D eigenvalue weighted by molar-refractivity contribution is 5.95. The van der Waals surface area contributed by atoms with Crippen molar-refractivity contribution in [3.05, 3.63) is 29.3 Å². The number of rotatable bonds is 7. The maximum absolute atomic E-state index is 12.8. The molecule has 0 aliphatic carbocycles. The maximum Gasteiger partial charge on any atom is 0.324 e. The molecule has 0 atom stereocenters. The molecule has 2 heterocycles. The molecule has 8 heteroatoms. The lowest BCUT2D eigenvalue weighted by Crippen LogP contribution is -2.35. The van der Waals surface area contributed by atoms with E-state index in [1.165, 1.54) is 12.8 Å². The van der Waals surface area contributed by atoms with E-state index in [1.54, 1.807) is 17.0 Å². The van der Waals surface area contributed by atoms with Crippen LogP contribution in [0.2, 0.25) is 0 Å². The third-order valence-electron chi connectivity index (χ3n) is 5.46. The standard InChI is InChI=1S/C20H26N4O3.ClH/c21-14-17-13-16(2-4-19(25)26)1-3-18(17)24-12-11-23(20(24)27)10-7-15-5-8-22-9-6-15;/h1,3,13,15,22H,2,4-12H2,(H,25,26);1H. The van der Waals surface area contributed by atoms with E-state index in [0.29, 0.717) is 36.7 Å². The summed E-state index contributed by atoms with van der Waals surface area (Å²) < 4.78 is 0. The molecule has 2 N–H and O–H groups in total. The molecular formula is C20H27ClN4O3. The number of amides is 2. The number of halogens is 1. The second-order valence-corrected chi connectivity index (χ2v) is 7.26. The minimum atomic E-state index is -0.864. The lowest BCUT2D eigenvalue weighted by atomic mass is 9.94. The number of anilines is 1. The summed E-state index contributed by atoms with van der Waals surface area (Å²) in [5.41, 5.74) is 1.84. The summed E-state index contributed by atoms with van der Waals surface area (Å²) in [5, 5.41) is 21.7. The van der Waals surface area contributed by atoms with Gasteiger partial charge in [-0.3, -0.25) is 9.69 Å². The van der Waals surface area contributed by atoms with Gasteiger partial charge in [0.1, 0.15) is 6.07 Å². The van der Waals surface area contributed by atoms with Gasteiger partial charge in [0.2, 0.25) is 0 Å². The third kappa shape index (κ3) is 5.37. The van der Waals surface area contributed by atoms with Crippen molar-refractivity contribution in [1.82, 2.24) is 10.2 Å². The number of piperidine rings is 1. The Morgan fingerprint density at radius 2 is 2.04 bits per heavy atom. The van der Waals surface area contributed by atoms with Crippen LogP contribution in [0.1, 0.15) is 36.8 Å². The number of nitriles is 1. The minimum absolute atomic E-state index is 0. The molecule has 152 valence electrons. The molecule has 0 saturated carbocycles. The molecule has 1 aromatic carbocycles. The van der Waals surface area contributed by atoms with Crippen LogP contribution in [0.3, 0.4) is 0 Å². The number of aryl methyl sites for hydroxylation is 1. The molecule has 0 bridgehead atoms. The Labute approximate surface area is 171 Å². The van der Waals surface area contributed by atoms with E-state index in [0.717, 1.165) is 31.6 Å². The van der Waals surface area contributed by atoms with Crippen molar-refractivity contribution in [2.45, 2.75) is 32.1 Å². The van der Waals surface area contributed by atoms with Gasteiger partial charge in [0.05, 0.1) is 11.3 Å². The number of carboxylic acid groups (broad SMARTS) is 1. The Morgan fingerprint density at radius 3 is 2.71 bits per heavy atom. The Morgan fingerprint density at radius 1 is 1.29 bits per heavy atom. The highest BCUT2D eigenvalue weighted by Gasteiger charge is 2.31. The molecule has 2 aliphatic rings. The molecule has 0 radical (unpaired) electrons. The molecule has 2 saturated heterocycles. The van der Waals surface area contributed by atoms with Crippen LogP contribution in [0.15, 0.2) is 18.2 Å². The fourth-order valence-electron chi connectivity index (χ4n) is 3.84. The zero-order valence-electron chi connectivity index (χ0n) is 15.9. The Bertz CT molecular complexity index is 743. The van der Waals surface area contributed by atoms with Crippen molar-refractivity contribution < 1.29 is 14.7 Å². The molecule has 3 rings (SSSR count). The molecule has 1 aromatic rings. The second kappa shape index (κ2) is 10.3. The summed E-state index contributed by atoms with van der Waals surface area (Å²) in [4.78, 5) is 27.1. The van der Waals surface area contributed by atoms with Crippen molar-refractivity contribution >= 4 is 30.1 Å². The predicted molar refractivity (Wildman–Crippen MR) is 109 cm³/mol. The van der Waals surface area contributed by atoms with Crippen LogP contribution in [0.4, 0.5) is 10.5 Å². The quantitative estimate of drug-likeness (QED) is 0.725. The van der Waals surface area contributed by atoms with E-state index in [-0.39, 0.29) is 24.9 Å². The van der Waals surface area contributed by atoms with E-state index in [2.05, 4.69) is 11.4 Å². The highest BCUT2D eigenvalue weighted by atomic mass is 35.5. The normalized spacial score (nSPS) is 17.3. The summed E-state index contributed by atoms with van der Waals surface area (Å²) in [6.45, 7) is 4.14. The largest absolute Gasteiger partial charge is 0.481 e. The van der Waals surface area contributed by atoms with Gasteiger partial charge in [-0.05, 0) is 62.4 Å². The first-order valence-corrected chi connectivity index (χ1v) is 9.60. The molecule has 2 aliphatic heterocycles. The average Bonchev–Trinajstić information content (AvgIpc) is 3.05. The SMILES string of the molecule is Cl.N#Cc1cc(CCC(=O)O)ccc1N1CCN(CCC2CCNCC2)C1=O. The van der Waals surface area contributed by atoms with Crippen molar-refractivity contribution in [2.24, 2.45) is 5.92 Å². The van der Waals surface area contributed by atoms with E-state index >= 15 is 0 Å². The number of nitrogens with zero attached hydrogens (tertiary/aromatic N) is 3. The fourth-order valence-corrected chi connectivity index (χ4v) is 3.84. The number of urea groups is 1. The number of carbonyl (C=O) groups is 2. The topological polar surface area (TPSA) is 96.7 Å². The number of aliphatic carboxylic acids is 1. The van der Waals surface area contributed by atoms with Crippen LogP contribution in [0.5, 0.6) is 0 Å². The van der Waals surface area contributed by atoms with Crippen molar-refractivity contribution in [2.75, 3.05) is 37.6 Å². The zero-order valence-corrected chi connectivity index (χ0v) is 16.7. The average molecular weight is 407 g/mol. The molecule has 0 spiro atoms. The molecule has 2 amide bonds. The fraction of sp³-hybridized carbons (Fsp3) is 0.550. The lowest BCUT2D eigenvalue weighted by Gasteiger charge is -2.25. The Hall–Kier alpha value is -2.30. The summed E-state index contributed by atoms with van der Waals surface area (Å²) in [5.74, 6) is -0.187. The first-order valence-electron chi connectivity index (χ1n) is 9.60. The highest BCUT2D eigenvalue weighted by Crippen LogP contribution is 2.27. The molecule has 28 heavy (non-hydrogen) atoms. The number of hydrogen-bond donors (Lipinski definition) is 2. The van der Waals surface area contributed by atoms with Gasteiger partial charge < -0.3 is 15.3 Å². The number of carbonyl (C=O) groups excluding carboxylic acids is 1. The number of hydrogen-bond acceptors (Lipinski definition) is 4. The number of benzene rings is 1. The van der Waals surface area contributed by atoms with Gasteiger partial charge in [-0.15, -0.1) is 12.4 Å². The summed E-state index contributed by atoms with van der Waals surface area (Å²) >= 11 is 0. The van der Waals surface area contributed by atoms with Crippen molar-refractivity contribution in [3.63, 3.8) is 0 Å². The predicted octanol–water partition coefficient (Wildman–Crippen LogP) is 2.63. The van der Waals surface area contributed by atoms with Crippen molar-refractivity contribution in [1.29, 1.82) is 5.26 Å². The van der Waals surface area contributed by atoms with Gasteiger partial charge in [-0.2, -0.15) is 5.26 Å². The summed E-state index contributed by atoms with van der Waals surface area (Å²) in [6.07, 6.45) is 3.77. The van der Waals surface area contributed by atoms with Crippen LogP contribution in [0, 0.1) is 17.2 Å². The smallest absolute Gasteiger partial charge is 0.324 e. The molecule has 0 unspecified atom stereocenters. The number of carboxylic acids is 1. The van der Waals surface area contributed by atoms with Gasteiger partial charge in [-0.25, -0.2) is 4.79 Å². The minimum Gasteiger partial charge on any atom is -0.481 e. The number of nitrogens with one attached hydrogen (secondary N) is 1. The van der Waals surface area contributed by atoms with Crippen LogP contribution in [0.25, 0.3) is 0 Å². The van der Waals surface area contributed by atoms with Gasteiger partial charge >= 0.3 is 12.0 Å². The molecule has 2 fully saturated rings. The van der Waals surface area contributed by atoms with Crippen LogP contribution in [-0.2, 0) is 11.2 Å². The first kappa shape index (κ1) is 22.0. The Balaban J connectivity index is 0.00000280. The van der Waals surface area contributed by atoms with Gasteiger partial charge in [0.15, 0.2) is 0 Å². The van der Waals surface area contributed by atoms with Crippen LogP contribution >= 0.6 is 12.4 Å². The Kier molecular flexibility index (Phi) is 8.09. The molecule has 7 nitrogen and oxygen atoms in total. The second-order valence-electron chi connectivity index (χ2n) is 7.26. The van der Waals surface area contributed by atoms with Gasteiger partial charge in [0.25, 0.3) is 0 Å². The maximum atomic E-state index is 12.8. The van der Waals surface area contributed by atoms with E-state index < -0.39 is 5.97 Å². The van der Waals surface area contributed by atoms with Crippen molar-refractivity contribution in [3.8, 4) is 6.07 Å². The monoisotopic (exact) mass is 406 g/mol. The zero-order chi connectivity index (χ0) is 19.2. The van der Waals surface area contributed by atoms with Gasteiger partial charge in [0, 0.05) is 26.1 Å². The van der Waals surface area contributed by atoms with E-state index in [4.69, 9.17) is 5.11 Å². The van der Waals surface area contributed by atoms with E-state index in [1.807, 2.05) is 11.0 Å². The summed E-state index contributed by atoms with van der Waals surface area (Å²) in [6, 6.07) is 7.39. The van der Waals surface area contributed by atoms with Gasteiger partial charge in [-0.1, -0.05) is 6.07 Å². The summed E-state index contributed by atoms with van der Waals surface area (Å²) in [7, 11) is 0.